The lowest BCUT2D eigenvalue weighted by atomic mass is 10.1. The highest BCUT2D eigenvalue weighted by atomic mass is 19.1. The summed E-state index contributed by atoms with van der Waals surface area (Å²) < 4.78 is 24.1. The van der Waals surface area contributed by atoms with Gasteiger partial charge in [-0.1, -0.05) is 31.7 Å². The van der Waals surface area contributed by atoms with Crippen molar-refractivity contribution >= 4 is 60.7 Å². The van der Waals surface area contributed by atoms with Crippen LogP contribution in [0.3, 0.4) is 0 Å². The first kappa shape index (κ1) is 29.2. The molecule has 45 heavy (non-hydrogen) atoms. The van der Waals surface area contributed by atoms with Crippen LogP contribution in [0.2, 0.25) is 0 Å². The van der Waals surface area contributed by atoms with E-state index in [1.807, 2.05) is 24.3 Å². The highest BCUT2D eigenvalue weighted by molar-refractivity contribution is 6.15. The molecule has 1 unspecified atom stereocenters. The van der Waals surface area contributed by atoms with Crippen molar-refractivity contribution in [1.29, 1.82) is 0 Å². The molecule has 2 saturated heterocycles. The van der Waals surface area contributed by atoms with Gasteiger partial charge in [-0.25, -0.2) is 4.39 Å². The molecule has 232 valence electrons. The molecule has 8 rings (SSSR count). The van der Waals surface area contributed by atoms with E-state index in [1.165, 1.54) is 12.3 Å². The van der Waals surface area contributed by atoms with Crippen molar-refractivity contribution in [2.45, 2.75) is 45.2 Å². The highest BCUT2D eigenvalue weighted by Gasteiger charge is 2.29. The SMILES string of the molecule is C.CN1CCCC1CCNc1c(F)cc2c(=O)c(C(=O)N3CC[C@H](N)C3)cn3c4cc5c(cc4oc1c23)c(=O)c1ccccc15. The summed E-state index contributed by atoms with van der Waals surface area (Å²) in [5.41, 5.74) is 6.91. The Kier molecular flexibility index (Phi) is 7.02. The Balaban J connectivity index is 0.00000325. The molecular weight excluding hydrogens is 573 g/mol. The number of nitrogens with two attached hydrogens (primary N) is 1. The number of hydrogen-bond donors (Lipinski definition) is 2. The zero-order valence-electron chi connectivity index (χ0n) is 24.4. The first-order chi connectivity index (χ1) is 21.3. The van der Waals surface area contributed by atoms with E-state index in [-0.39, 0.29) is 41.1 Å². The zero-order valence-corrected chi connectivity index (χ0v) is 24.4. The number of nitrogens with zero attached hydrogens (tertiary/aromatic N) is 3. The predicted octanol–water partition coefficient (Wildman–Crippen LogP) is 5.15. The molecule has 0 radical (unpaired) electrons. The fourth-order valence-electron chi connectivity index (χ4n) is 7.30. The molecule has 9 nitrogen and oxygen atoms in total. The van der Waals surface area contributed by atoms with E-state index < -0.39 is 17.2 Å². The second-order valence-electron chi connectivity index (χ2n) is 12.3. The van der Waals surface area contributed by atoms with Gasteiger partial charge in [-0.05, 0) is 68.2 Å². The number of amides is 1. The number of rotatable bonds is 5. The van der Waals surface area contributed by atoms with E-state index in [0.717, 1.165) is 36.6 Å². The van der Waals surface area contributed by atoms with Crippen LogP contribution in [0, 0.1) is 5.82 Å². The van der Waals surface area contributed by atoms with Crippen molar-refractivity contribution in [3.05, 3.63) is 80.5 Å². The summed E-state index contributed by atoms with van der Waals surface area (Å²) in [4.78, 5) is 44.7. The van der Waals surface area contributed by atoms with E-state index >= 15 is 4.39 Å². The van der Waals surface area contributed by atoms with Gasteiger partial charge in [-0.2, -0.15) is 0 Å². The van der Waals surface area contributed by atoms with E-state index in [9.17, 15) is 14.4 Å². The molecule has 3 N–H and O–H groups in total. The van der Waals surface area contributed by atoms with Gasteiger partial charge in [-0.15, -0.1) is 0 Å². The Labute approximate surface area is 258 Å². The molecular formula is C35H36FN5O4. The normalized spacial score (nSPS) is 19.0. The third kappa shape index (κ3) is 4.46. The number of aromatic nitrogens is 1. The molecule has 0 spiro atoms. The lowest BCUT2D eigenvalue weighted by molar-refractivity contribution is 0.0789. The predicted molar refractivity (Wildman–Crippen MR) is 177 cm³/mol. The van der Waals surface area contributed by atoms with Crippen LogP contribution in [-0.4, -0.2) is 65.4 Å². The number of carbonyl (C=O) groups is 1. The Hall–Kier alpha value is -4.54. The number of pyridine rings is 1. The summed E-state index contributed by atoms with van der Waals surface area (Å²) in [5, 5.41) is 5.93. The molecule has 2 aromatic heterocycles. The Morgan fingerprint density at radius 2 is 1.82 bits per heavy atom. The lowest BCUT2D eigenvalue weighted by Gasteiger charge is -2.21. The Morgan fingerprint density at radius 1 is 1.02 bits per heavy atom. The van der Waals surface area contributed by atoms with Gasteiger partial charge in [0.05, 0.1) is 10.9 Å². The zero-order chi connectivity index (χ0) is 30.3. The fourth-order valence-corrected chi connectivity index (χ4v) is 7.30. The first-order valence-electron chi connectivity index (χ1n) is 15.2. The van der Waals surface area contributed by atoms with Gasteiger partial charge in [0.25, 0.3) is 5.91 Å². The second-order valence-corrected chi connectivity index (χ2v) is 12.3. The summed E-state index contributed by atoms with van der Waals surface area (Å²) in [5.74, 6) is -1.08. The van der Waals surface area contributed by atoms with Crippen LogP contribution >= 0.6 is 0 Å². The second kappa shape index (κ2) is 10.8. The third-order valence-corrected chi connectivity index (χ3v) is 9.67. The number of benzene rings is 3. The Bertz CT molecular complexity index is 2260. The number of carbonyl (C=O) groups excluding carboxylic acids is 1. The fraction of sp³-hybridized carbons (Fsp3) is 0.343. The molecule has 0 saturated carbocycles. The molecule has 6 aromatic rings. The molecule has 4 aromatic carbocycles. The molecule has 2 fully saturated rings. The van der Waals surface area contributed by atoms with Gasteiger partial charge < -0.3 is 29.7 Å². The van der Waals surface area contributed by atoms with Crippen molar-refractivity contribution in [1.82, 2.24) is 14.2 Å². The molecule has 2 aliphatic rings. The average Bonchev–Trinajstić information content (AvgIpc) is 3.72. The summed E-state index contributed by atoms with van der Waals surface area (Å²) in [7, 11) is 2.10. The van der Waals surface area contributed by atoms with Gasteiger partial charge in [-0.3, -0.25) is 14.4 Å². The maximum Gasteiger partial charge on any atom is 0.259 e. The molecule has 0 aliphatic carbocycles. The van der Waals surface area contributed by atoms with E-state index in [0.29, 0.717) is 59.5 Å². The standard InChI is InChI=1S/C34H32FN5O4.CH4/c1-38-11-4-5-19(38)8-10-37-29-26(35)13-24-30-33(29)44-28-15-23-22(20-6-2-3-7-21(20)31(23)41)14-27(28)40(30)17-25(32(24)42)34(43)39-12-9-18(36)16-39;/h2-3,6-7,13-15,17-19,37H,4-5,8-12,16,36H2,1H3;1H4/t18-,19?;/m0./s1. The molecule has 4 heterocycles. The number of likely N-dealkylation sites (tertiary alicyclic amines) is 2. The Morgan fingerprint density at radius 3 is 2.56 bits per heavy atom. The average molecular weight is 610 g/mol. The quantitative estimate of drug-likeness (QED) is 0.205. The largest absolute Gasteiger partial charge is 0.451 e. The van der Waals surface area contributed by atoms with Gasteiger partial charge >= 0.3 is 0 Å². The molecule has 10 heteroatoms. The maximum atomic E-state index is 15.9. The van der Waals surface area contributed by atoms with Crippen LogP contribution in [-0.2, 0) is 0 Å². The van der Waals surface area contributed by atoms with Gasteiger partial charge in [0.15, 0.2) is 22.4 Å². The monoisotopic (exact) mass is 609 g/mol. The topological polar surface area (TPSA) is 113 Å². The van der Waals surface area contributed by atoms with E-state index in [4.69, 9.17) is 10.2 Å². The number of hydrogen-bond acceptors (Lipinski definition) is 7. The van der Waals surface area contributed by atoms with E-state index in [1.54, 1.807) is 21.4 Å². The smallest absolute Gasteiger partial charge is 0.259 e. The summed E-state index contributed by atoms with van der Waals surface area (Å²) in [6, 6.07) is 12.4. The van der Waals surface area contributed by atoms with Crippen molar-refractivity contribution < 1.29 is 13.6 Å². The van der Waals surface area contributed by atoms with Crippen LogP contribution in [0.4, 0.5) is 10.1 Å². The highest BCUT2D eigenvalue weighted by Crippen LogP contribution is 2.36. The number of fused-ring (bicyclic) bond motifs is 5. The van der Waals surface area contributed by atoms with Crippen molar-refractivity contribution in [3.63, 3.8) is 0 Å². The van der Waals surface area contributed by atoms with Crippen LogP contribution in [0.5, 0.6) is 0 Å². The number of anilines is 1. The van der Waals surface area contributed by atoms with Crippen LogP contribution in [0.1, 0.15) is 43.5 Å². The minimum absolute atomic E-state index is 0. The van der Waals surface area contributed by atoms with Crippen LogP contribution in [0.25, 0.3) is 49.1 Å². The summed E-state index contributed by atoms with van der Waals surface area (Å²) in [6.07, 6.45) is 5.23. The minimum Gasteiger partial charge on any atom is -0.451 e. The minimum atomic E-state index is -0.642. The van der Waals surface area contributed by atoms with Gasteiger partial charge in [0.1, 0.15) is 16.8 Å². The maximum absolute atomic E-state index is 15.9. The van der Waals surface area contributed by atoms with Crippen molar-refractivity contribution in [2.75, 3.05) is 38.5 Å². The first-order valence-corrected chi connectivity index (χ1v) is 15.2. The molecule has 2 atom stereocenters. The van der Waals surface area contributed by atoms with Crippen molar-refractivity contribution in [2.24, 2.45) is 5.73 Å². The van der Waals surface area contributed by atoms with Crippen LogP contribution in [0.15, 0.2) is 62.7 Å². The van der Waals surface area contributed by atoms with E-state index in [2.05, 4.69) is 17.3 Å². The molecule has 2 aliphatic heterocycles. The molecule has 1 amide bonds. The number of nitrogens with one attached hydrogen (secondary N) is 1. The summed E-state index contributed by atoms with van der Waals surface area (Å²) in [6.45, 7) is 2.35. The van der Waals surface area contributed by atoms with Crippen molar-refractivity contribution in [3.8, 4) is 0 Å². The van der Waals surface area contributed by atoms with Crippen LogP contribution < -0.4 is 21.9 Å². The number of halogens is 1. The molecule has 0 bridgehead atoms. The van der Waals surface area contributed by atoms with Gasteiger partial charge in [0, 0.05) is 48.7 Å². The third-order valence-electron chi connectivity index (χ3n) is 9.67. The van der Waals surface area contributed by atoms with Gasteiger partial charge in [0.2, 0.25) is 5.43 Å². The summed E-state index contributed by atoms with van der Waals surface area (Å²) >= 11 is 0. The lowest BCUT2D eigenvalue weighted by Crippen LogP contribution is -2.35.